The molecule has 0 aliphatic rings. The number of thiophene rings is 1. The van der Waals surface area contributed by atoms with E-state index in [-0.39, 0.29) is 6.04 Å². The largest absolute Gasteiger partial charge is 0.494 e. The molecule has 2 aromatic rings. The normalized spacial score (nSPS) is 12.3. The van der Waals surface area contributed by atoms with E-state index in [0.29, 0.717) is 6.61 Å². The summed E-state index contributed by atoms with van der Waals surface area (Å²) in [6.07, 6.45) is 0.893. The predicted octanol–water partition coefficient (Wildman–Crippen LogP) is 2.89. The van der Waals surface area contributed by atoms with Gasteiger partial charge >= 0.3 is 0 Å². The quantitative estimate of drug-likeness (QED) is 0.621. The highest BCUT2D eigenvalue weighted by atomic mass is 32.1. The molecule has 3 nitrogen and oxygen atoms in total. The molecule has 3 N–H and O–H groups in total. The van der Waals surface area contributed by atoms with Gasteiger partial charge in [-0.1, -0.05) is 18.2 Å². The molecule has 0 bridgehead atoms. The van der Waals surface area contributed by atoms with Gasteiger partial charge in [0.1, 0.15) is 5.75 Å². The lowest BCUT2D eigenvalue weighted by molar-refractivity contribution is 0.339. The third-order valence-electron chi connectivity index (χ3n) is 2.76. The molecule has 1 heterocycles. The maximum atomic E-state index is 5.66. The number of benzene rings is 1. The molecule has 0 radical (unpaired) electrons. The summed E-state index contributed by atoms with van der Waals surface area (Å²) in [5.74, 6) is 6.55. The van der Waals surface area contributed by atoms with Gasteiger partial charge in [0, 0.05) is 11.3 Å². The monoisotopic (exact) mass is 262 g/mol. The summed E-state index contributed by atoms with van der Waals surface area (Å²) in [6.45, 7) is 2.66. The summed E-state index contributed by atoms with van der Waals surface area (Å²) in [5.41, 5.74) is 4.03. The van der Waals surface area contributed by atoms with E-state index in [1.807, 2.05) is 25.1 Å². The molecule has 0 aliphatic heterocycles. The third kappa shape index (κ3) is 3.32. The van der Waals surface area contributed by atoms with Crippen LogP contribution in [0.3, 0.4) is 0 Å². The van der Waals surface area contributed by atoms with Gasteiger partial charge in [0.2, 0.25) is 0 Å². The first kappa shape index (κ1) is 13.1. The lowest BCUT2D eigenvalue weighted by atomic mass is 10.0. The molecule has 0 aliphatic carbocycles. The fourth-order valence-corrected chi connectivity index (χ4v) is 2.64. The molecule has 0 saturated carbocycles. The van der Waals surface area contributed by atoms with Gasteiger partial charge < -0.3 is 4.74 Å². The van der Waals surface area contributed by atoms with Crippen LogP contribution in [0.1, 0.15) is 23.4 Å². The Labute approximate surface area is 112 Å². The zero-order chi connectivity index (χ0) is 12.8. The van der Waals surface area contributed by atoms with Crippen molar-refractivity contribution in [2.24, 2.45) is 5.84 Å². The molecule has 2 rings (SSSR count). The van der Waals surface area contributed by atoms with Gasteiger partial charge in [-0.15, -0.1) is 11.3 Å². The van der Waals surface area contributed by atoms with Gasteiger partial charge in [-0.2, -0.15) is 0 Å². The number of hydrogen-bond acceptors (Lipinski definition) is 4. The molecule has 1 aromatic heterocycles. The second-order valence-corrected chi connectivity index (χ2v) is 5.04. The number of ether oxygens (including phenoxy) is 1. The first-order chi connectivity index (χ1) is 8.83. The Bertz CT molecular complexity index is 470. The number of hydrazine groups is 1. The molecule has 0 amide bonds. The fraction of sp³-hybridized carbons (Fsp3) is 0.286. The molecule has 1 atom stereocenters. The topological polar surface area (TPSA) is 47.3 Å². The number of nitrogens with two attached hydrogens (primary N) is 1. The van der Waals surface area contributed by atoms with Crippen LogP contribution in [0, 0.1) is 0 Å². The van der Waals surface area contributed by atoms with E-state index in [0.717, 1.165) is 17.7 Å². The first-order valence-electron chi connectivity index (χ1n) is 6.04. The fourth-order valence-electron chi connectivity index (χ4n) is 1.89. The zero-order valence-corrected chi connectivity index (χ0v) is 11.2. The van der Waals surface area contributed by atoms with Crippen molar-refractivity contribution in [3.8, 4) is 5.75 Å². The van der Waals surface area contributed by atoms with Crippen molar-refractivity contribution in [1.29, 1.82) is 0 Å². The van der Waals surface area contributed by atoms with E-state index in [1.165, 1.54) is 4.88 Å². The summed E-state index contributed by atoms with van der Waals surface area (Å²) in [6, 6.07) is 12.4. The van der Waals surface area contributed by atoms with Gasteiger partial charge in [-0.05, 0) is 36.1 Å². The summed E-state index contributed by atoms with van der Waals surface area (Å²) >= 11 is 1.75. The first-order valence-corrected chi connectivity index (χ1v) is 6.92. The van der Waals surface area contributed by atoms with E-state index in [2.05, 4.69) is 29.0 Å². The molecule has 18 heavy (non-hydrogen) atoms. The Balaban J connectivity index is 2.13. The molecule has 1 aromatic carbocycles. The smallest absolute Gasteiger partial charge is 0.119 e. The Morgan fingerprint density at radius 1 is 1.33 bits per heavy atom. The number of hydrogen-bond donors (Lipinski definition) is 2. The third-order valence-corrected chi connectivity index (χ3v) is 3.66. The Hall–Kier alpha value is -1.36. The molecule has 0 saturated heterocycles. The molecule has 96 valence electrons. The van der Waals surface area contributed by atoms with Gasteiger partial charge in [0.25, 0.3) is 0 Å². The zero-order valence-electron chi connectivity index (χ0n) is 10.4. The van der Waals surface area contributed by atoms with Crippen molar-refractivity contribution >= 4 is 11.3 Å². The van der Waals surface area contributed by atoms with Crippen molar-refractivity contribution in [3.63, 3.8) is 0 Å². The van der Waals surface area contributed by atoms with Crippen LogP contribution in [0.2, 0.25) is 0 Å². The van der Waals surface area contributed by atoms with Crippen molar-refractivity contribution in [1.82, 2.24) is 5.43 Å². The van der Waals surface area contributed by atoms with Gasteiger partial charge in [-0.25, -0.2) is 0 Å². The number of nitrogens with one attached hydrogen (secondary N) is 1. The van der Waals surface area contributed by atoms with Crippen LogP contribution in [-0.2, 0) is 6.42 Å². The lowest BCUT2D eigenvalue weighted by Gasteiger charge is -2.16. The second kappa shape index (κ2) is 6.54. The summed E-state index contributed by atoms with van der Waals surface area (Å²) in [5, 5.41) is 2.08. The highest BCUT2D eigenvalue weighted by molar-refractivity contribution is 7.09. The van der Waals surface area contributed by atoms with Crippen LogP contribution < -0.4 is 16.0 Å². The Kier molecular flexibility index (Phi) is 4.75. The second-order valence-electron chi connectivity index (χ2n) is 4.01. The molecule has 1 unspecified atom stereocenters. The molecular weight excluding hydrogens is 244 g/mol. The highest BCUT2D eigenvalue weighted by Gasteiger charge is 2.11. The van der Waals surface area contributed by atoms with Gasteiger partial charge in [0.15, 0.2) is 0 Å². The molecule has 4 heteroatoms. The minimum atomic E-state index is 0.115. The van der Waals surface area contributed by atoms with Crippen molar-refractivity contribution in [2.45, 2.75) is 19.4 Å². The van der Waals surface area contributed by atoms with Crippen LogP contribution in [0.15, 0.2) is 41.8 Å². The van der Waals surface area contributed by atoms with Crippen molar-refractivity contribution < 1.29 is 4.74 Å². The summed E-state index contributed by atoms with van der Waals surface area (Å²) < 4.78 is 5.51. The van der Waals surface area contributed by atoms with Crippen LogP contribution in [0.25, 0.3) is 0 Å². The van der Waals surface area contributed by atoms with E-state index < -0.39 is 0 Å². The summed E-state index contributed by atoms with van der Waals surface area (Å²) in [7, 11) is 0. The van der Waals surface area contributed by atoms with Crippen LogP contribution in [0.4, 0.5) is 0 Å². The van der Waals surface area contributed by atoms with Crippen LogP contribution in [0.5, 0.6) is 5.75 Å². The maximum absolute atomic E-state index is 5.66. The highest BCUT2D eigenvalue weighted by Crippen LogP contribution is 2.23. The SMILES string of the molecule is CCOc1cccc(C(Cc2cccs2)NN)c1. The minimum absolute atomic E-state index is 0.115. The van der Waals surface area contributed by atoms with Crippen molar-refractivity contribution in [2.75, 3.05) is 6.61 Å². The van der Waals surface area contributed by atoms with E-state index in [9.17, 15) is 0 Å². The Morgan fingerprint density at radius 2 is 2.22 bits per heavy atom. The lowest BCUT2D eigenvalue weighted by Crippen LogP contribution is -2.29. The molecule has 0 fully saturated rings. The van der Waals surface area contributed by atoms with Gasteiger partial charge in [-0.3, -0.25) is 11.3 Å². The van der Waals surface area contributed by atoms with Crippen LogP contribution in [-0.4, -0.2) is 6.61 Å². The molecular formula is C14H18N2OS. The number of rotatable bonds is 6. The van der Waals surface area contributed by atoms with Crippen LogP contribution >= 0.6 is 11.3 Å². The predicted molar refractivity (Wildman–Crippen MR) is 75.7 cm³/mol. The minimum Gasteiger partial charge on any atom is -0.494 e. The van der Waals surface area contributed by atoms with Crippen molar-refractivity contribution in [3.05, 3.63) is 52.2 Å². The maximum Gasteiger partial charge on any atom is 0.119 e. The average Bonchev–Trinajstić information content (AvgIpc) is 2.89. The van der Waals surface area contributed by atoms with E-state index >= 15 is 0 Å². The van der Waals surface area contributed by atoms with E-state index in [1.54, 1.807) is 11.3 Å². The standard InChI is InChI=1S/C14H18N2OS/c1-2-17-12-6-3-5-11(9-12)14(16-15)10-13-7-4-8-18-13/h3-9,14,16H,2,10,15H2,1H3. The van der Waals surface area contributed by atoms with E-state index in [4.69, 9.17) is 10.6 Å². The van der Waals surface area contributed by atoms with Gasteiger partial charge in [0.05, 0.1) is 12.6 Å². The molecule has 0 spiro atoms. The Morgan fingerprint density at radius 3 is 2.89 bits per heavy atom. The summed E-state index contributed by atoms with van der Waals surface area (Å²) in [4.78, 5) is 1.32. The average molecular weight is 262 g/mol.